The van der Waals surface area contributed by atoms with Gasteiger partial charge >= 0.3 is 0 Å². The number of benzene rings is 8. The minimum atomic E-state index is 0.647. The topological polar surface area (TPSA) is 43.6 Å². The molecule has 262 valence electrons. The molecule has 0 N–H and O–H groups in total. The lowest BCUT2D eigenvalue weighted by Crippen LogP contribution is -2.00. The summed E-state index contributed by atoms with van der Waals surface area (Å²) >= 11 is 1.81. The number of nitrogens with zero attached hydrogens (tertiary/aromatic N) is 4. The Morgan fingerprint density at radius 3 is 1.54 bits per heavy atom. The minimum Gasteiger partial charge on any atom is -0.309 e. The van der Waals surface area contributed by atoms with Gasteiger partial charge in [-0.05, 0) is 47.0 Å². The Labute approximate surface area is 327 Å². The second kappa shape index (κ2) is 13.3. The molecule has 3 heterocycles. The molecule has 0 radical (unpaired) electrons. The fourth-order valence-corrected chi connectivity index (χ4v) is 9.23. The molecule has 11 aromatic rings. The van der Waals surface area contributed by atoms with E-state index in [1.54, 1.807) is 0 Å². The number of thiophene rings is 1. The smallest absolute Gasteiger partial charge is 0.164 e. The third-order valence-corrected chi connectivity index (χ3v) is 11.8. The van der Waals surface area contributed by atoms with Crippen molar-refractivity contribution in [2.24, 2.45) is 0 Å². The zero-order valence-electron chi connectivity index (χ0n) is 30.2. The predicted molar refractivity (Wildman–Crippen MR) is 234 cm³/mol. The average molecular weight is 733 g/mol. The highest BCUT2D eigenvalue weighted by Gasteiger charge is 2.19. The Bertz CT molecular complexity index is 3180. The fourth-order valence-electron chi connectivity index (χ4n) is 8.06. The highest BCUT2D eigenvalue weighted by molar-refractivity contribution is 7.26. The van der Waals surface area contributed by atoms with E-state index < -0.39 is 0 Å². The molecule has 0 bridgehead atoms. The van der Waals surface area contributed by atoms with Crippen molar-refractivity contribution in [1.29, 1.82) is 0 Å². The quantitative estimate of drug-likeness (QED) is 0.171. The van der Waals surface area contributed by atoms with E-state index in [0.717, 1.165) is 27.9 Å². The lowest BCUT2D eigenvalue weighted by Gasteiger charge is -2.15. The number of rotatable bonds is 6. The van der Waals surface area contributed by atoms with Gasteiger partial charge in [0.15, 0.2) is 17.5 Å². The summed E-state index contributed by atoms with van der Waals surface area (Å²) in [5.74, 6) is 1.95. The van der Waals surface area contributed by atoms with Crippen molar-refractivity contribution < 1.29 is 0 Å². The molecule has 0 amide bonds. The summed E-state index contributed by atoms with van der Waals surface area (Å²) in [6.07, 6.45) is 0. The van der Waals surface area contributed by atoms with Crippen molar-refractivity contribution in [3.63, 3.8) is 0 Å². The van der Waals surface area contributed by atoms with Crippen LogP contribution in [-0.4, -0.2) is 19.5 Å². The van der Waals surface area contributed by atoms with Gasteiger partial charge in [-0.1, -0.05) is 164 Å². The van der Waals surface area contributed by atoms with Gasteiger partial charge in [-0.25, -0.2) is 15.0 Å². The SMILES string of the molecule is c1ccc(-c2ccc(-c3nc(-c4ccccc4)nc(-c4ccc5c(c4)sc4cccc(-c6ccccc6-n6c7ccccc7c7ccccc76)c45)n3)cc2)cc1. The van der Waals surface area contributed by atoms with Crippen LogP contribution < -0.4 is 0 Å². The highest BCUT2D eigenvalue weighted by atomic mass is 32.1. The van der Waals surface area contributed by atoms with E-state index >= 15 is 0 Å². The molecule has 0 unspecified atom stereocenters. The van der Waals surface area contributed by atoms with Gasteiger partial charge in [-0.3, -0.25) is 0 Å². The van der Waals surface area contributed by atoms with Gasteiger partial charge in [0.05, 0.1) is 16.7 Å². The number of fused-ring (bicyclic) bond motifs is 6. The maximum atomic E-state index is 5.10. The Morgan fingerprint density at radius 2 is 0.839 bits per heavy atom. The summed E-state index contributed by atoms with van der Waals surface area (Å²) in [7, 11) is 0. The standard InChI is InChI=1S/C51H32N4S/c1-3-14-33(15-4-1)34-26-28-36(29-27-34)50-52-49(35-16-5-2-6-17-35)53-51(54-50)37-30-31-42-47(32-37)56-46-25-13-21-41(48(42)46)40-20-9-12-24-45(40)55-43-22-10-7-18-38(43)39-19-8-11-23-44(39)55/h1-32H. The van der Waals surface area contributed by atoms with Crippen molar-refractivity contribution in [2.45, 2.75) is 0 Å². The molecule has 8 aromatic carbocycles. The fraction of sp³-hybridized carbons (Fsp3) is 0. The van der Waals surface area contributed by atoms with Crippen molar-refractivity contribution in [2.75, 3.05) is 0 Å². The first-order valence-corrected chi connectivity index (χ1v) is 19.6. The molecule has 0 atom stereocenters. The highest BCUT2D eigenvalue weighted by Crippen LogP contribution is 2.44. The predicted octanol–water partition coefficient (Wildman–Crippen LogP) is 13.7. The first-order chi connectivity index (χ1) is 27.8. The van der Waals surface area contributed by atoms with Crippen LogP contribution in [0.15, 0.2) is 194 Å². The van der Waals surface area contributed by atoms with Crippen LogP contribution in [0.3, 0.4) is 0 Å². The third-order valence-electron chi connectivity index (χ3n) is 10.7. The summed E-state index contributed by atoms with van der Waals surface area (Å²) in [4.78, 5) is 15.1. The lowest BCUT2D eigenvalue weighted by atomic mass is 9.97. The monoisotopic (exact) mass is 732 g/mol. The van der Waals surface area contributed by atoms with E-state index in [1.807, 2.05) is 35.6 Å². The molecule has 5 heteroatoms. The van der Waals surface area contributed by atoms with Crippen LogP contribution in [0.4, 0.5) is 0 Å². The summed E-state index contributed by atoms with van der Waals surface area (Å²) in [6.45, 7) is 0. The molecule has 0 aliphatic heterocycles. The van der Waals surface area contributed by atoms with Crippen LogP contribution in [0.1, 0.15) is 0 Å². The van der Waals surface area contributed by atoms with Gasteiger partial charge in [0.2, 0.25) is 0 Å². The zero-order valence-corrected chi connectivity index (χ0v) is 31.0. The van der Waals surface area contributed by atoms with Gasteiger partial charge in [-0.2, -0.15) is 0 Å². The van der Waals surface area contributed by atoms with E-state index in [-0.39, 0.29) is 0 Å². The maximum absolute atomic E-state index is 5.10. The van der Waals surface area contributed by atoms with Crippen LogP contribution in [0.25, 0.3) is 104 Å². The van der Waals surface area contributed by atoms with Crippen LogP contribution >= 0.6 is 11.3 Å². The molecule has 0 aliphatic carbocycles. The van der Waals surface area contributed by atoms with Crippen LogP contribution in [-0.2, 0) is 0 Å². The number of hydrogen-bond donors (Lipinski definition) is 0. The van der Waals surface area contributed by atoms with E-state index in [9.17, 15) is 0 Å². The van der Waals surface area contributed by atoms with Gasteiger partial charge in [0.25, 0.3) is 0 Å². The first kappa shape index (κ1) is 32.2. The second-order valence-electron chi connectivity index (χ2n) is 14.0. The molecule has 11 rings (SSSR count). The Kier molecular flexibility index (Phi) is 7.64. The largest absolute Gasteiger partial charge is 0.309 e. The molecule has 3 aromatic heterocycles. The summed E-state index contributed by atoms with van der Waals surface area (Å²) in [6, 6.07) is 68.6. The number of aromatic nitrogens is 4. The van der Waals surface area contributed by atoms with E-state index in [0.29, 0.717) is 17.5 Å². The van der Waals surface area contributed by atoms with E-state index in [4.69, 9.17) is 15.0 Å². The Morgan fingerprint density at radius 1 is 0.339 bits per heavy atom. The molecule has 0 saturated heterocycles. The first-order valence-electron chi connectivity index (χ1n) is 18.8. The molecule has 56 heavy (non-hydrogen) atoms. The molecule has 4 nitrogen and oxygen atoms in total. The molecular weight excluding hydrogens is 701 g/mol. The maximum Gasteiger partial charge on any atom is 0.164 e. The van der Waals surface area contributed by atoms with Gasteiger partial charge in [0.1, 0.15) is 0 Å². The minimum absolute atomic E-state index is 0.647. The Balaban J connectivity index is 1.05. The van der Waals surface area contributed by atoms with Gasteiger partial charge in [-0.15, -0.1) is 11.3 Å². The molecule has 0 aliphatic rings. The van der Waals surface area contributed by atoms with Crippen LogP contribution in [0, 0.1) is 0 Å². The summed E-state index contributed by atoms with van der Waals surface area (Å²) in [5.41, 5.74) is 11.2. The van der Waals surface area contributed by atoms with Crippen molar-refractivity contribution in [1.82, 2.24) is 19.5 Å². The molecule has 0 spiro atoms. The van der Waals surface area contributed by atoms with Crippen molar-refractivity contribution in [3.05, 3.63) is 194 Å². The zero-order chi connectivity index (χ0) is 37.0. The summed E-state index contributed by atoms with van der Waals surface area (Å²) in [5, 5.41) is 4.99. The average Bonchev–Trinajstić information content (AvgIpc) is 3.82. The normalized spacial score (nSPS) is 11.6. The Hall–Kier alpha value is -7.21. The number of hydrogen-bond acceptors (Lipinski definition) is 4. The summed E-state index contributed by atoms with van der Waals surface area (Å²) < 4.78 is 4.85. The van der Waals surface area contributed by atoms with Gasteiger partial charge in [0, 0.05) is 53.2 Å². The molecule has 0 fully saturated rings. The van der Waals surface area contributed by atoms with Crippen LogP contribution in [0.5, 0.6) is 0 Å². The van der Waals surface area contributed by atoms with E-state index in [2.05, 4.69) is 174 Å². The number of para-hydroxylation sites is 3. The van der Waals surface area contributed by atoms with Crippen LogP contribution in [0.2, 0.25) is 0 Å². The molecule has 0 saturated carbocycles. The van der Waals surface area contributed by atoms with E-state index in [1.165, 1.54) is 58.7 Å². The van der Waals surface area contributed by atoms with Crippen molar-refractivity contribution in [3.8, 4) is 62.1 Å². The third kappa shape index (κ3) is 5.40. The second-order valence-corrected chi connectivity index (χ2v) is 15.1. The van der Waals surface area contributed by atoms with Gasteiger partial charge < -0.3 is 4.57 Å². The molecular formula is C51H32N4S. The lowest BCUT2D eigenvalue weighted by molar-refractivity contribution is 1.07. The van der Waals surface area contributed by atoms with Crippen molar-refractivity contribution >= 4 is 53.3 Å².